The average molecular weight is 376 g/mol. The van der Waals surface area contributed by atoms with Gasteiger partial charge in [0.05, 0.1) is 12.8 Å². The van der Waals surface area contributed by atoms with E-state index in [9.17, 15) is 4.79 Å². The molecule has 0 atom stereocenters. The van der Waals surface area contributed by atoms with Crippen LogP contribution in [0.1, 0.15) is 27.6 Å². The van der Waals surface area contributed by atoms with Crippen LogP contribution in [0.4, 0.5) is 5.69 Å². The fraction of sp³-hybridized carbons (Fsp3) is 0.273. The zero-order valence-electron chi connectivity index (χ0n) is 16.2. The number of carbonyl (C=O) groups is 1. The third-order valence-corrected chi connectivity index (χ3v) is 5.13. The molecule has 6 nitrogen and oxygen atoms in total. The maximum absolute atomic E-state index is 12.7. The second-order valence-electron chi connectivity index (χ2n) is 7.02. The van der Waals surface area contributed by atoms with Gasteiger partial charge in [-0.15, -0.1) is 0 Å². The fourth-order valence-corrected chi connectivity index (χ4v) is 3.62. The Hall–Kier alpha value is -3.12. The lowest BCUT2D eigenvalue weighted by atomic mass is 10.1. The molecule has 144 valence electrons. The van der Waals surface area contributed by atoms with Crippen LogP contribution in [-0.4, -0.2) is 34.0 Å². The van der Waals surface area contributed by atoms with Gasteiger partial charge < -0.3 is 14.6 Å². The summed E-state index contributed by atoms with van der Waals surface area (Å²) in [6, 6.07) is 17.7. The van der Waals surface area contributed by atoms with Crippen LogP contribution in [0.25, 0.3) is 0 Å². The smallest absolute Gasteiger partial charge is 0.291 e. The summed E-state index contributed by atoms with van der Waals surface area (Å²) in [4.78, 5) is 19.8. The van der Waals surface area contributed by atoms with Gasteiger partial charge in [0.25, 0.3) is 5.91 Å². The first-order chi connectivity index (χ1) is 13.6. The molecule has 1 aromatic heterocycles. The highest BCUT2D eigenvalue weighted by Crippen LogP contribution is 2.22. The molecule has 0 fully saturated rings. The predicted molar refractivity (Wildman–Crippen MR) is 108 cm³/mol. The second-order valence-corrected chi connectivity index (χ2v) is 7.02. The molecule has 1 aliphatic rings. The quantitative estimate of drug-likeness (QED) is 0.743. The molecule has 3 aromatic rings. The zero-order chi connectivity index (χ0) is 19.5. The number of imidazole rings is 1. The maximum Gasteiger partial charge on any atom is 0.291 e. The molecule has 1 amide bonds. The zero-order valence-corrected chi connectivity index (χ0v) is 16.2. The van der Waals surface area contributed by atoms with Crippen molar-refractivity contribution in [2.45, 2.75) is 19.5 Å². The van der Waals surface area contributed by atoms with Gasteiger partial charge in [-0.1, -0.05) is 30.3 Å². The van der Waals surface area contributed by atoms with Crippen LogP contribution in [0, 0.1) is 0 Å². The molecule has 0 spiro atoms. The Labute approximate surface area is 164 Å². The van der Waals surface area contributed by atoms with E-state index >= 15 is 0 Å². The van der Waals surface area contributed by atoms with Crippen LogP contribution in [0.5, 0.6) is 5.75 Å². The van der Waals surface area contributed by atoms with Crippen LogP contribution in [0.15, 0.2) is 54.6 Å². The molecule has 0 saturated carbocycles. The van der Waals surface area contributed by atoms with Crippen molar-refractivity contribution >= 4 is 11.6 Å². The minimum absolute atomic E-state index is 0.198. The lowest BCUT2D eigenvalue weighted by Crippen LogP contribution is -2.30. The van der Waals surface area contributed by atoms with E-state index in [1.807, 2.05) is 41.9 Å². The molecular formula is C22H24N4O2. The summed E-state index contributed by atoms with van der Waals surface area (Å²) in [6.07, 6.45) is 0.890. The van der Waals surface area contributed by atoms with Crippen molar-refractivity contribution in [2.24, 2.45) is 7.05 Å². The average Bonchev–Trinajstić information content (AvgIpc) is 3.05. The Kier molecular flexibility index (Phi) is 5.12. The minimum atomic E-state index is -0.198. The summed E-state index contributed by atoms with van der Waals surface area (Å²) >= 11 is 0. The van der Waals surface area contributed by atoms with Crippen LogP contribution < -0.4 is 10.1 Å². The SMILES string of the molecule is COc1ccc(NC(=O)c2nc3c(n2C)CCN(Cc2ccccc2)C3)cc1. The van der Waals surface area contributed by atoms with Crippen molar-refractivity contribution in [1.29, 1.82) is 0 Å². The number of amides is 1. The highest BCUT2D eigenvalue weighted by atomic mass is 16.5. The van der Waals surface area contributed by atoms with Gasteiger partial charge in [0.2, 0.25) is 0 Å². The van der Waals surface area contributed by atoms with Gasteiger partial charge >= 0.3 is 0 Å². The molecule has 0 saturated heterocycles. The molecular weight excluding hydrogens is 352 g/mol. The summed E-state index contributed by atoms with van der Waals surface area (Å²) in [7, 11) is 3.54. The Morgan fingerprint density at radius 3 is 2.61 bits per heavy atom. The largest absolute Gasteiger partial charge is 0.497 e. The molecule has 0 aliphatic carbocycles. The van der Waals surface area contributed by atoms with Crippen molar-refractivity contribution in [3.8, 4) is 5.75 Å². The lowest BCUT2D eigenvalue weighted by molar-refractivity contribution is 0.101. The van der Waals surface area contributed by atoms with E-state index in [1.165, 1.54) is 5.56 Å². The number of fused-ring (bicyclic) bond motifs is 1. The number of hydrogen-bond donors (Lipinski definition) is 1. The minimum Gasteiger partial charge on any atom is -0.497 e. The normalized spacial score (nSPS) is 13.8. The number of hydrogen-bond acceptors (Lipinski definition) is 4. The number of methoxy groups -OCH3 is 1. The van der Waals surface area contributed by atoms with Crippen LogP contribution in [0.2, 0.25) is 0 Å². The van der Waals surface area contributed by atoms with E-state index in [0.717, 1.165) is 48.9 Å². The Morgan fingerprint density at radius 2 is 1.89 bits per heavy atom. The van der Waals surface area contributed by atoms with Crippen molar-refractivity contribution in [3.63, 3.8) is 0 Å². The van der Waals surface area contributed by atoms with Crippen molar-refractivity contribution in [3.05, 3.63) is 77.4 Å². The standard InChI is InChI=1S/C22H24N4O2/c1-25-20-12-13-26(14-16-6-4-3-5-7-16)15-19(20)24-21(25)22(27)23-17-8-10-18(28-2)11-9-17/h3-11H,12-15H2,1-2H3,(H,23,27). The molecule has 1 N–H and O–H groups in total. The molecule has 28 heavy (non-hydrogen) atoms. The summed E-state index contributed by atoms with van der Waals surface area (Å²) in [5.74, 6) is 1.00. The lowest BCUT2D eigenvalue weighted by Gasteiger charge is -2.26. The number of aromatic nitrogens is 2. The summed E-state index contributed by atoms with van der Waals surface area (Å²) in [5.41, 5.74) is 4.14. The molecule has 2 heterocycles. The van der Waals surface area contributed by atoms with Crippen molar-refractivity contribution in [1.82, 2.24) is 14.5 Å². The number of rotatable bonds is 5. The maximum atomic E-state index is 12.7. The van der Waals surface area contributed by atoms with E-state index in [4.69, 9.17) is 4.74 Å². The van der Waals surface area contributed by atoms with Gasteiger partial charge in [-0.25, -0.2) is 4.98 Å². The summed E-state index contributed by atoms with van der Waals surface area (Å²) in [5, 5.41) is 2.92. The van der Waals surface area contributed by atoms with Gasteiger partial charge in [0.1, 0.15) is 5.75 Å². The van der Waals surface area contributed by atoms with Crippen LogP contribution in [-0.2, 0) is 26.6 Å². The number of anilines is 1. The van der Waals surface area contributed by atoms with E-state index in [-0.39, 0.29) is 5.91 Å². The van der Waals surface area contributed by atoms with Gasteiger partial charge in [-0.3, -0.25) is 9.69 Å². The third-order valence-electron chi connectivity index (χ3n) is 5.13. The van der Waals surface area contributed by atoms with E-state index < -0.39 is 0 Å². The summed E-state index contributed by atoms with van der Waals surface area (Å²) < 4.78 is 7.08. The molecule has 0 bridgehead atoms. The predicted octanol–water partition coefficient (Wildman–Crippen LogP) is 3.24. The first-order valence-electron chi connectivity index (χ1n) is 9.40. The molecule has 1 aliphatic heterocycles. The van der Waals surface area contributed by atoms with Crippen LogP contribution >= 0.6 is 0 Å². The Morgan fingerprint density at radius 1 is 1.14 bits per heavy atom. The van der Waals surface area contributed by atoms with Gasteiger partial charge in [0.15, 0.2) is 5.82 Å². The second kappa shape index (κ2) is 7.86. The number of nitrogens with one attached hydrogen (secondary N) is 1. The molecule has 6 heteroatoms. The number of benzene rings is 2. The number of carbonyl (C=O) groups excluding carboxylic acids is 1. The number of nitrogens with zero attached hydrogens (tertiary/aromatic N) is 3. The first kappa shape index (κ1) is 18.3. The third kappa shape index (κ3) is 3.77. The van der Waals surface area contributed by atoms with Gasteiger partial charge in [0, 0.05) is 44.5 Å². The molecule has 4 rings (SSSR count). The van der Waals surface area contributed by atoms with Crippen molar-refractivity contribution in [2.75, 3.05) is 19.0 Å². The van der Waals surface area contributed by atoms with E-state index in [1.54, 1.807) is 7.11 Å². The van der Waals surface area contributed by atoms with E-state index in [0.29, 0.717) is 5.82 Å². The van der Waals surface area contributed by atoms with Gasteiger partial charge in [-0.05, 0) is 29.8 Å². The Bertz CT molecular complexity index is 964. The molecule has 2 aromatic carbocycles. The highest BCUT2D eigenvalue weighted by molar-refractivity contribution is 6.02. The topological polar surface area (TPSA) is 59.4 Å². The first-order valence-corrected chi connectivity index (χ1v) is 9.40. The summed E-state index contributed by atoms with van der Waals surface area (Å²) in [6.45, 7) is 2.61. The monoisotopic (exact) mass is 376 g/mol. The van der Waals surface area contributed by atoms with Crippen molar-refractivity contribution < 1.29 is 9.53 Å². The van der Waals surface area contributed by atoms with E-state index in [2.05, 4.69) is 39.5 Å². The number of ether oxygens (including phenoxy) is 1. The Balaban J connectivity index is 1.47. The van der Waals surface area contributed by atoms with Gasteiger partial charge in [-0.2, -0.15) is 0 Å². The highest BCUT2D eigenvalue weighted by Gasteiger charge is 2.25. The fourth-order valence-electron chi connectivity index (χ4n) is 3.62. The molecule has 0 unspecified atom stereocenters. The molecule has 0 radical (unpaired) electrons. The van der Waals surface area contributed by atoms with Crippen LogP contribution in [0.3, 0.4) is 0 Å².